The molecule has 6 heteroatoms. The largest absolute Gasteiger partial charge is 0.496 e. The van der Waals surface area contributed by atoms with Gasteiger partial charge >= 0.3 is 0 Å². The molecule has 28 heavy (non-hydrogen) atoms. The summed E-state index contributed by atoms with van der Waals surface area (Å²) >= 11 is 0. The molecular weight excluding hydrogens is 354 g/mol. The molecule has 1 amide bonds. The molecule has 0 bridgehead atoms. The Hall–Kier alpha value is -2.99. The van der Waals surface area contributed by atoms with Crippen LogP contribution in [-0.2, 0) is 6.54 Å². The van der Waals surface area contributed by atoms with Gasteiger partial charge in [-0.1, -0.05) is 32.0 Å². The number of hydrogen-bond donors (Lipinski definition) is 3. The molecule has 148 valence electrons. The molecule has 4 N–H and O–H groups in total. The van der Waals surface area contributed by atoms with E-state index in [0.29, 0.717) is 24.5 Å². The maximum absolute atomic E-state index is 13.0. The minimum absolute atomic E-state index is 0.00594. The van der Waals surface area contributed by atoms with Crippen LogP contribution in [0.25, 0.3) is 10.9 Å². The Morgan fingerprint density at radius 2 is 1.96 bits per heavy atom. The van der Waals surface area contributed by atoms with E-state index in [1.165, 1.54) is 0 Å². The number of carbonyl (C=O) groups is 1. The molecule has 3 aromatic rings. The first-order chi connectivity index (χ1) is 13.3. The summed E-state index contributed by atoms with van der Waals surface area (Å²) in [5.74, 6) is 0.582. The average molecular weight is 381 g/mol. The minimum atomic E-state index is -0.389. The van der Waals surface area contributed by atoms with Crippen molar-refractivity contribution in [2.75, 3.05) is 26.0 Å². The van der Waals surface area contributed by atoms with Gasteiger partial charge < -0.3 is 25.5 Å². The minimum Gasteiger partial charge on any atom is -0.496 e. The topological polar surface area (TPSA) is 89.5 Å². The first-order valence-corrected chi connectivity index (χ1v) is 9.24. The lowest BCUT2D eigenvalue weighted by Gasteiger charge is -2.22. The molecular formula is C22H27N3O3. The Kier molecular flexibility index (Phi) is 5.61. The number of ether oxygens (including phenoxy) is 1. The van der Waals surface area contributed by atoms with Crippen LogP contribution in [0, 0.1) is 5.41 Å². The number of aromatic nitrogens is 1. The maximum Gasteiger partial charge on any atom is 0.267 e. The fourth-order valence-electron chi connectivity index (χ4n) is 3.12. The molecule has 6 nitrogen and oxygen atoms in total. The highest BCUT2D eigenvalue weighted by Crippen LogP contribution is 2.26. The lowest BCUT2D eigenvalue weighted by molar-refractivity contribution is 0.0902. The normalized spacial score (nSPS) is 11.6. The third kappa shape index (κ3) is 4.12. The molecule has 0 saturated heterocycles. The first-order valence-electron chi connectivity index (χ1n) is 9.24. The van der Waals surface area contributed by atoms with Crippen molar-refractivity contribution in [3.05, 3.63) is 59.8 Å². The van der Waals surface area contributed by atoms with E-state index in [0.717, 1.165) is 22.2 Å². The molecule has 2 aromatic carbocycles. The van der Waals surface area contributed by atoms with Crippen molar-refractivity contribution in [2.24, 2.45) is 5.41 Å². The number of benzene rings is 2. The zero-order valence-corrected chi connectivity index (χ0v) is 16.5. The Labute approximate surface area is 164 Å². The van der Waals surface area contributed by atoms with Gasteiger partial charge in [0.15, 0.2) is 0 Å². The quantitative estimate of drug-likeness (QED) is 0.549. The average Bonchev–Trinajstić information content (AvgIpc) is 3.04. The number of anilines is 1. The van der Waals surface area contributed by atoms with Gasteiger partial charge in [0.1, 0.15) is 11.4 Å². The third-order valence-electron chi connectivity index (χ3n) is 4.83. The van der Waals surface area contributed by atoms with Crippen molar-refractivity contribution in [1.29, 1.82) is 0 Å². The van der Waals surface area contributed by atoms with Gasteiger partial charge in [-0.05, 0) is 30.3 Å². The van der Waals surface area contributed by atoms with Gasteiger partial charge in [-0.25, -0.2) is 0 Å². The SMILES string of the molecule is COc1ccccc1Cn1c(C(=O)NCC(C)(C)CO)cc2cc(N)ccc21. The number of para-hydroxylation sites is 1. The predicted molar refractivity (Wildman–Crippen MR) is 112 cm³/mol. The fraction of sp³-hybridized carbons (Fsp3) is 0.318. The number of carbonyl (C=O) groups excluding carboxylic acids is 1. The van der Waals surface area contributed by atoms with E-state index in [1.807, 2.05) is 66.9 Å². The number of rotatable bonds is 7. The standard InChI is InChI=1S/C22H27N3O3/c1-22(2,14-26)13-24-21(27)19-11-16-10-17(23)8-9-18(16)25(19)12-15-6-4-5-7-20(15)28-3/h4-11,26H,12-14,23H2,1-3H3,(H,24,27). The zero-order valence-electron chi connectivity index (χ0n) is 16.5. The second kappa shape index (κ2) is 7.94. The lowest BCUT2D eigenvalue weighted by atomic mass is 9.95. The summed E-state index contributed by atoms with van der Waals surface area (Å²) < 4.78 is 7.44. The number of hydrogen-bond acceptors (Lipinski definition) is 4. The number of nitrogen functional groups attached to an aromatic ring is 1. The van der Waals surface area contributed by atoms with Gasteiger partial charge in [0.2, 0.25) is 0 Å². The van der Waals surface area contributed by atoms with Gasteiger partial charge in [0.25, 0.3) is 5.91 Å². The summed E-state index contributed by atoms with van der Waals surface area (Å²) in [5.41, 5.74) is 8.63. The first kappa shape index (κ1) is 19.8. The second-order valence-corrected chi connectivity index (χ2v) is 7.75. The van der Waals surface area contributed by atoms with Crippen LogP contribution in [0.15, 0.2) is 48.5 Å². The van der Waals surface area contributed by atoms with Crippen LogP contribution < -0.4 is 15.8 Å². The molecule has 1 aromatic heterocycles. The van der Waals surface area contributed by atoms with E-state index in [2.05, 4.69) is 5.32 Å². The van der Waals surface area contributed by atoms with Crippen molar-refractivity contribution >= 4 is 22.5 Å². The highest BCUT2D eigenvalue weighted by molar-refractivity contribution is 5.99. The van der Waals surface area contributed by atoms with Crippen LogP contribution in [0.5, 0.6) is 5.75 Å². The van der Waals surface area contributed by atoms with E-state index >= 15 is 0 Å². The highest BCUT2D eigenvalue weighted by atomic mass is 16.5. The van der Waals surface area contributed by atoms with Crippen LogP contribution in [-0.4, -0.2) is 35.8 Å². The summed E-state index contributed by atoms with van der Waals surface area (Å²) in [6.45, 7) is 4.66. The summed E-state index contributed by atoms with van der Waals surface area (Å²) in [7, 11) is 1.64. The van der Waals surface area contributed by atoms with Gasteiger partial charge in [-0.3, -0.25) is 4.79 Å². The number of nitrogens with one attached hydrogen (secondary N) is 1. The smallest absolute Gasteiger partial charge is 0.267 e. The number of nitrogens with zero attached hydrogens (tertiary/aromatic N) is 1. The third-order valence-corrected chi connectivity index (χ3v) is 4.83. The molecule has 0 saturated carbocycles. The van der Waals surface area contributed by atoms with Crippen molar-refractivity contribution in [1.82, 2.24) is 9.88 Å². The lowest BCUT2D eigenvalue weighted by Crippen LogP contribution is -2.36. The van der Waals surface area contributed by atoms with Crippen LogP contribution in [0.3, 0.4) is 0 Å². The van der Waals surface area contributed by atoms with Crippen molar-refractivity contribution in [3.8, 4) is 5.75 Å². The Morgan fingerprint density at radius 3 is 2.68 bits per heavy atom. The van der Waals surface area contributed by atoms with E-state index in [-0.39, 0.29) is 17.9 Å². The van der Waals surface area contributed by atoms with Crippen LogP contribution in [0.1, 0.15) is 29.9 Å². The number of nitrogens with two attached hydrogens (primary N) is 1. The molecule has 0 unspecified atom stereocenters. The van der Waals surface area contributed by atoms with Gasteiger partial charge in [-0.2, -0.15) is 0 Å². The summed E-state index contributed by atoms with van der Waals surface area (Å²) in [6.07, 6.45) is 0. The Bertz CT molecular complexity index is 992. The zero-order chi connectivity index (χ0) is 20.3. The maximum atomic E-state index is 13.0. The van der Waals surface area contributed by atoms with Crippen LogP contribution in [0.2, 0.25) is 0 Å². The van der Waals surface area contributed by atoms with Crippen molar-refractivity contribution in [2.45, 2.75) is 20.4 Å². The van der Waals surface area contributed by atoms with E-state index in [1.54, 1.807) is 7.11 Å². The number of fused-ring (bicyclic) bond motifs is 1. The van der Waals surface area contributed by atoms with E-state index < -0.39 is 0 Å². The molecule has 1 heterocycles. The van der Waals surface area contributed by atoms with Gasteiger partial charge in [-0.15, -0.1) is 0 Å². The summed E-state index contributed by atoms with van der Waals surface area (Å²) in [6, 6.07) is 15.2. The molecule has 0 spiro atoms. The molecule has 0 fully saturated rings. The Morgan fingerprint density at radius 1 is 1.21 bits per heavy atom. The molecule has 0 aliphatic rings. The molecule has 0 atom stereocenters. The monoisotopic (exact) mass is 381 g/mol. The number of aliphatic hydroxyl groups excluding tert-OH is 1. The number of amides is 1. The highest BCUT2D eigenvalue weighted by Gasteiger charge is 2.21. The van der Waals surface area contributed by atoms with E-state index in [4.69, 9.17) is 10.5 Å². The van der Waals surface area contributed by atoms with Crippen LogP contribution >= 0.6 is 0 Å². The van der Waals surface area contributed by atoms with Gasteiger partial charge in [0.05, 0.1) is 13.7 Å². The fourth-order valence-corrected chi connectivity index (χ4v) is 3.12. The predicted octanol–water partition coefficient (Wildman–Crippen LogP) is 3.03. The molecule has 3 rings (SSSR count). The van der Waals surface area contributed by atoms with Crippen molar-refractivity contribution in [3.63, 3.8) is 0 Å². The summed E-state index contributed by atoms with van der Waals surface area (Å²) in [4.78, 5) is 13.0. The van der Waals surface area contributed by atoms with Crippen molar-refractivity contribution < 1.29 is 14.6 Å². The molecule has 0 aliphatic heterocycles. The molecule has 0 aliphatic carbocycles. The summed E-state index contributed by atoms with van der Waals surface area (Å²) in [5, 5.41) is 13.3. The van der Waals surface area contributed by atoms with E-state index in [9.17, 15) is 9.90 Å². The van der Waals surface area contributed by atoms with Crippen LogP contribution in [0.4, 0.5) is 5.69 Å². The molecule has 0 radical (unpaired) electrons. The van der Waals surface area contributed by atoms with Gasteiger partial charge in [0, 0.05) is 40.7 Å². The number of aliphatic hydroxyl groups is 1. The second-order valence-electron chi connectivity index (χ2n) is 7.75. The Balaban J connectivity index is 2.01. The number of methoxy groups -OCH3 is 1.